The molecule has 2 amide bonds. The summed E-state index contributed by atoms with van der Waals surface area (Å²) in [7, 11) is 0. The molecule has 6 heteroatoms. The molecule has 0 unspecified atom stereocenters. The number of hydrogen-bond acceptors (Lipinski definition) is 2. The molecule has 0 atom stereocenters. The Kier molecular flexibility index (Phi) is 4.30. The number of carbonyl (C=O) groups is 1. The molecule has 3 N–H and O–H groups in total. The number of aromatic amines is 1. The molecule has 134 valence electrons. The van der Waals surface area contributed by atoms with Gasteiger partial charge in [-0.1, -0.05) is 30.3 Å². The fourth-order valence-corrected chi connectivity index (χ4v) is 2.97. The van der Waals surface area contributed by atoms with Gasteiger partial charge in [0.05, 0.1) is 17.4 Å². The van der Waals surface area contributed by atoms with Crippen LogP contribution in [0, 0.1) is 12.7 Å². The van der Waals surface area contributed by atoms with Crippen LogP contribution >= 0.6 is 0 Å². The highest BCUT2D eigenvalue weighted by molar-refractivity contribution is 6.00. The van der Waals surface area contributed by atoms with Crippen molar-refractivity contribution in [3.8, 4) is 11.1 Å². The van der Waals surface area contributed by atoms with Crippen molar-refractivity contribution in [3.63, 3.8) is 0 Å². The van der Waals surface area contributed by atoms with Gasteiger partial charge in [-0.25, -0.2) is 9.18 Å². The Balaban J connectivity index is 1.50. The third-order valence-electron chi connectivity index (χ3n) is 4.31. The van der Waals surface area contributed by atoms with Crippen molar-refractivity contribution in [2.45, 2.75) is 6.92 Å². The largest absolute Gasteiger partial charge is 0.323 e. The summed E-state index contributed by atoms with van der Waals surface area (Å²) in [4.78, 5) is 12.1. The Morgan fingerprint density at radius 2 is 1.85 bits per heavy atom. The van der Waals surface area contributed by atoms with Gasteiger partial charge in [0, 0.05) is 11.1 Å². The number of halogens is 1. The molecule has 0 aliphatic carbocycles. The number of amides is 2. The first kappa shape index (κ1) is 16.8. The summed E-state index contributed by atoms with van der Waals surface area (Å²) >= 11 is 0. The second-order valence-corrected chi connectivity index (χ2v) is 6.28. The highest BCUT2D eigenvalue weighted by atomic mass is 19.1. The molecule has 0 spiro atoms. The van der Waals surface area contributed by atoms with E-state index in [0.717, 1.165) is 27.6 Å². The topological polar surface area (TPSA) is 69.8 Å². The van der Waals surface area contributed by atoms with Gasteiger partial charge in [0.25, 0.3) is 0 Å². The predicted octanol–water partition coefficient (Wildman–Crippen LogP) is 5.32. The lowest BCUT2D eigenvalue weighted by molar-refractivity contribution is 0.262. The molecule has 0 bridgehead atoms. The molecule has 0 radical (unpaired) electrons. The predicted molar refractivity (Wildman–Crippen MR) is 105 cm³/mol. The van der Waals surface area contributed by atoms with Crippen molar-refractivity contribution in [2.24, 2.45) is 0 Å². The van der Waals surface area contributed by atoms with E-state index in [1.807, 2.05) is 37.3 Å². The fourth-order valence-electron chi connectivity index (χ4n) is 2.97. The van der Waals surface area contributed by atoms with Crippen LogP contribution in [0.15, 0.2) is 66.9 Å². The molecule has 5 nitrogen and oxygen atoms in total. The van der Waals surface area contributed by atoms with E-state index < -0.39 is 11.8 Å². The summed E-state index contributed by atoms with van der Waals surface area (Å²) in [6, 6.07) is 17.5. The van der Waals surface area contributed by atoms with E-state index in [1.54, 1.807) is 30.5 Å². The van der Waals surface area contributed by atoms with E-state index in [9.17, 15) is 9.18 Å². The quantitative estimate of drug-likeness (QED) is 0.463. The number of anilines is 2. The van der Waals surface area contributed by atoms with Crippen LogP contribution in [-0.4, -0.2) is 16.2 Å². The van der Waals surface area contributed by atoms with Crippen LogP contribution in [0.5, 0.6) is 0 Å². The standard InChI is InChI=1S/C21H17FN4O/c1-13-5-10-18(22)20(11-13)25-21(27)24-15-8-6-14(7-9-15)16-3-2-4-19-17(16)12-23-26-19/h2-12H,1H3,(H,23,26)(H2,24,25,27). The third kappa shape index (κ3) is 3.50. The second kappa shape index (κ2) is 6.92. The Morgan fingerprint density at radius 1 is 1.04 bits per heavy atom. The van der Waals surface area contributed by atoms with Gasteiger partial charge in [-0.15, -0.1) is 0 Å². The van der Waals surface area contributed by atoms with E-state index in [4.69, 9.17) is 0 Å². The zero-order valence-corrected chi connectivity index (χ0v) is 14.6. The highest BCUT2D eigenvalue weighted by Crippen LogP contribution is 2.28. The number of hydrogen-bond donors (Lipinski definition) is 3. The number of H-pyrrole nitrogens is 1. The number of fused-ring (bicyclic) bond motifs is 1. The minimum atomic E-state index is -0.496. The summed E-state index contributed by atoms with van der Waals surface area (Å²) in [5.41, 5.74) is 4.66. The van der Waals surface area contributed by atoms with Gasteiger partial charge >= 0.3 is 6.03 Å². The lowest BCUT2D eigenvalue weighted by atomic mass is 10.0. The maximum Gasteiger partial charge on any atom is 0.323 e. The lowest BCUT2D eigenvalue weighted by Crippen LogP contribution is -2.20. The van der Waals surface area contributed by atoms with Gasteiger partial charge in [-0.05, 0) is 53.9 Å². The summed E-state index contributed by atoms with van der Waals surface area (Å²) in [6.45, 7) is 1.84. The van der Waals surface area contributed by atoms with Crippen LogP contribution in [0.1, 0.15) is 5.56 Å². The molecule has 0 aliphatic rings. The van der Waals surface area contributed by atoms with Crippen molar-refractivity contribution >= 4 is 28.3 Å². The van der Waals surface area contributed by atoms with E-state index in [2.05, 4.69) is 20.8 Å². The molecule has 1 heterocycles. The molecule has 27 heavy (non-hydrogen) atoms. The molecule has 4 aromatic rings. The van der Waals surface area contributed by atoms with Gasteiger partial charge < -0.3 is 10.6 Å². The van der Waals surface area contributed by atoms with Gasteiger partial charge in [-0.2, -0.15) is 5.10 Å². The first-order valence-corrected chi connectivity index (χ1v) is 8.47. The lowest BCUT2D eigenvalue weighted by Gasteiger charge is -2.10. The minimum Gasteiger partial charge on any atom is -0.308 e. The van der Waals surface area contributed by atoms with Crippen molar-refractivity contribution in [3.05, 3.63) is 78.2 Å². The number of aromatic nitrogens is 2. The second-order valence-electron chi connectivity index (χ2n) is 6.28. The van der Waals surface area contributed by atoms with Gasteiger partial charge in [0.1, 0.15) is 5.82 Å². The van der Waals surface area contributed by atoms with E-state index in [1.165, 1.54) is 6.07 Å². The Bertz CT molecular complexity index is 1120. The molecule has 0 fully saturated rings. The minimum absolute atomic E-state index is 0.149. The summed E-state index contributed by atoms with van der Waals surface area (Å²) in [6.07, 6.45) is 1.79. The van der Waals surface area contributed by atoms with E-state index >= 15 is 0 Å². The zero-order chi connectivity index (χ0) is 18.8. The summed E-state index contributed by atoms with van der Waals surface area (Å²) < 4.78 is 13.8. The molecular formula is C21H17FN4O. The molecule has 0 aliphatic heterocycles. The van der Waals surface area contributed by atoms with Crippen LogP contribution in [0.3, 0.4) is 0 Å². The van der Waals surface area contributed by atoms with Crippen molar-refractivity contribution in [1.29, 1.82) is 0 Å². The van der Waals surface area contributed by atoms with E-state index in [-0.39, 0.29) is 5.69 Å². The number of aryl methyl sites for hydroxylation is 1. The van der Waals surface area contributed by atoms with Crippen LogP contribution in [0.2, 0.25) is 0 Å². The van der Waals surface area contributed by atoms with Crippen LogP contribution in [0.4, 0.5) is 20.6 Å². The SMILES string of the molecule is Cc1ccc(F)c(NC(=O)Nc2ccc(-c3cccc4[nH]ncc34)cc2)c1. The number of nitrogens with zero attached hydrogens (tertiary/aromatic N) is 1. The summed E-state index contributed by atoms with van der Waals surface area (Å²) in [5, 5.41) is 13.3. The zero-order valence-electron chi connectivity index (χ0n) is 14.6. The number of nitrogens with one attached hydrogen (secondary N) is 3. The Hall–Kier alpha value is -3.67. The highest BCUT2D eigenvalue weighted by Gasteiger charge is 2.09. The third-order valence-corrected chi connectivity index (χ3v) is 4.31. The molecule has 0 saturated carbocycles. The number of rotatable bonds is 3. The van der Waals surface area contributed by atoms with Crippen LogP contribution in [0.25, 0.3) is 22.0 Å². The number of urea groups is 1. The number of benzene rings is 3. The molecule has 4 rings (SSSR count). The van der Waals surface area contributed by atoms with Crippen LogP contribution < -0.4 is 10.6 Å². The number of carbonyl (C=O) groups excluding carboxylic acids is 1. The van der Waals surface area contributed by atoms with Gasteiger partial charge in [0.15, 0.2) is 0 Å². The average Bonchev–Trinajstić information content (AvgIpc) is 3.14. The monoisotopic (exact) mass is 360 g/mol. The average molecular weight is 360 g/mol. The summed E-state index contributed by atoms with van der Waals surface area (Å²) in [5.74, 6) is -0.473. The maximum absolute atomic E-state index is 13.8. The maximum atomic E-state index is 13.8. The molecule has 1 aromatic heterocycles. The van der Waals surface area contributed by atoms with Crippen molar-refractivity contribution in [1.82, 2.24) is 10.2 Å². The fraction of sp³-hybridized carbons (Fsp3) is 0.0476. The van der Waals surface area contributed by atoms with Crippen molar-refractivity contribution in [2.75, 3.05) is 10.6 Å². The van der Waals surface area contributed by atoms with Gasteiger partial charge in [0.2, 0.25) is 0 Å². The smallest absolute Gasteiger partial charge is 0.308 e. The Morgan fingerprint density at radius 3 is 2.67 bits per heavy atom. The normalized spacial score (nSPS) is 10.7. The van der Waals surface area contributed by atoms with E-state index in [0.29, 0.717) is 5.69 Å². The molecule has 0 saturated heterocycles. The first-order chi connectivity index (χ1) is 13.1. The Labute approximate surface area is 155 Å². The first-order valence-electron chi connectivity index (χ1n) is 8.47. The van der Waals surface area contributed by atoms with Gasteiger partial charge in [-0.3, -0.25) is 5.10 Å². The van der Waals surface area contributed by atoms with Crippen LogP contribution in [-0.2, 0) is 0 Å². The van der Waals surface area contributed by atoms with Crippen molar-refractivity contribution < 1.29 is 9.18 Å². The molecule has 3 aromatic carbocycles. The molecular weight excluding hydrogens is 343 g/mol.